The number of carbonyl (C=O) groups is 1. The van der Waals surface area contributed by atoms with E-state index in [9.17, 15) is 13.6 Å². The van der Waals surface area contributed by atoms with E-state index in [1.165, 1.54) is 12.1 Å². The predicted molar refractivity (Wildman–Crippen MR) is 100 cm³/mol. The van der Waals surface area contributed by atoms with E-state index < -0.39 is 6.61 Å². The van der Waals surface area contributed by atoms with Gasteiger partial charge in [-0.15, -0.1) is 0 Å². The van der Waals surface area contributed by atoms with Gasteiger partial charge in [-0.1, -0.05) is 42.5 Å². The van der Waals surface area contributed by atoms with Gasteiger partial charge in [0.15, 0.2) is 0 Å². The van der Waals surface area contributed by atoms with Crippen molar-refractivity contribution in [2.75, 3.05) is 13.1 Å². The van der Waals surface area contributed by atoms with Gasteiger partial charge in [-0.05, 0) is 18.6 Å². The molecule has 0 aliphatic carbocycles. The zero-order chi connectivity index (χ0) is 19.5. The van der Waals surface area contributed by atoms with Gasteiger partial charge in [0.05, 0.1) is 11.3 Å². The molecular formula is C21H19F2N3O2. The van der Waals surface area contributed by atoms with Crippen LogP contribution in [0.25, 0.3) is 11.3 Å². The van der Waals surface area contributed by atoms with Gasteiger partial charge in [0.2, 0.25) is 0 Å². The third-order valence-electron chi connectivity index (χ3n) is 4.88. The molecule has 0 saturated heterocycles. The van der Waals surface area contributed by atoms with Crippen molar-refractivity contribution in [2.45, 2.75) is 19.5 Å². The molecule has 0 saturated carbocycles. The maximum absolute atomic E-state index is 13.0. The second-order valence-corrected chi connectivity index (χ2v) is 6.56. The maximum Gasteiger partial charge on any atom is 0.387 e. The smallest absolute Gasteiger partial charge is 0.387 e. The number of nitrogens with one attached hydrogen (secondary N) is 1. The number of halogens is 2. The molecule has 0 fully saturated rings. The van der Waals surface area contributed by atoms with E-state index in [4.69, 9.17) is 0 Å². The number of nitrogens with zero attached hydrogens (tertiary/aromatic N) is 2. The molecule has 28 heavy (non-hydrogen) atoms. The number of amides is 1. The summed E-state index contributed by atoms with van der Waals surface area (Å²) in [6.45, 7) is -2.02. The molecule has 144 valence electrons. The second kappa shape index (κ2) is 7.80. The van der Waals surface area contributed by atoms with Crippen LogP contribution in [0.15, 0.2) is 54.6 Å². The standard InChI is InChI=1S/C21H19F2N3O2/c22-21(23)28-18-9-5-4-8-16(18)20(27)26-12-10-15-17(11-13-26)24-25-19(15)14-6-2-1-3-7-14/h1-9,21H,10-13H2,(H,24,25). The molecule has 0 spiro atoms. The summed E-state index contributed by atoms with van der Waals surface area (Å²) in [6, 6.07) is 16.0. The molecular weight excluding hydrogens is 364 g/mol. The number of ether oxygens (including phenoxy) is 1. The molecule has 0 radical (unpaired) electrons. The van der Waals surface area contributed by atoms with Gasteiger partial charge >= 0.3 is 6.61 Å². The summed E-state index contributed by atoms with van der Waals surface area (Å²) >= 11 is 0. The summed E-state index contributed by atoms with van der Waals surface area (Å²) in [5.41, 5.74) is 4.17. The molecule has 5 nitrogen and oxygen atoms in total. The van der Waals surface area contributed by atoms with Gasteiger partial charge in [0.1, 0.15) is 5.75 Å². The first-order chi connectivity index (χ1) is 13.6. The monoisotopic (exact) mass is 383 g/mol. The van der Waals surface area contributed by atoms with Crippen LogP contribution in [-0.2, 0) is 12.8 Å². The first-order valence-electron chi connectivity index (χ1n) is 9.08. The normalized spacial score (nSPS) is 13.9. The highest BCUT2D eigenvalue weighted by atomic mass is 19.3. The van der Waals surface area contributed by atoms with Crippen LogP contribution in [0, 0.1) is 0 Å². The number of hydrogen-bond acceptors (Lipinski definition) is 3. The van der Waals surface area contributed by atoms with E-state index >= 15 is 0 Å². The number of aromatic amines is 1. The Morgan fingerprint density at radius 1 is 1.04 bits per heavy atom. The van der Waals surface area contributed by atoms with E-state index in [1.807, 2.05) is 30.3 Å². The lowest BCUT2D eigenvalue weighted by atomic mass is 10.0. The molecule has 4 rings (SSSR count). The van der Waals surface area contributed by atoms with Gasteiger partial charge in [-0.2, -0.15) is 13.9 Å². The zero-order valence-corrected chi connectivity index (χ0v) is 15.1. The fraction of sp³-hybridized carbons (Fsp3) is 0.238. The number of H-pyrrole nitrogens is 1. The van der Waals surface area contributed by atoms with Gasteiger partial charge in [0, 0.05) is 36.3 Å². The van der Waals surface area contributed by atoms with Crippen molar-refractivity contribution in [2.24, 2.45) is 0 Å². The average Bonchev–Trinajstić information content (AvgIpc) is 2.99. The summed E-state index contributed by atoms with van der Waals surface area (Å²) in [7, 11) is 0. The lowest BCUT2D eigenvalue weighted by Crippen LogP contribution is -2.33. The van der Waals surface area contributed by atoms with Crippen LogP contribution >= 0.6 is 0 Å². The number of hydrogen-bond donors (Lipinski definition) is 1. The van der Waals surface area contributed by atoms with Crippen molar-refractivity contribution in [1.82, 2.24) is 15.1 Å². The highest BCUT2D eigenvalue weighted by Crippen LogP contribution is 2.28. The molecule has 0 unspecified atom stereocenters. The van der Waals surface area contributed by atoms with Crippen molar-refractivity contribution in [3.8, 4) is 17.0 Å². The van der Waals surface area contributed by atoms with Crippen molar-refractivity contribution >= 4 is 5.91 Å². The number of para-hydroxylation sites is 1. The van der Waals surface area contributed by atoms with E-state index in [2.05, 4.69) is 14.9 Å². The molecule has 2 heterocycles. The largest absolute Gasteiger partial charge is 0.434 e. The number of carbonyl (C=O) groups excluding carboxylic acids is 1. The van der Waals surface area contributed by atoms with Crippen LogP contribution in [0.3, 0.4) is 0 Å². The summed E-state index contributed by atoms with van der Waals surface area (Å²) < 4.78 is 29.8. The van der Waals surface area contributed by atoms with Crippen molar-refractivity contribution in [1.29, 1.82) is 0 Å². The molecule has 1 aliphatic heterocycles. The van der Waals surface area contributed by atoms with E-state index in [-0.39, 0.29) is 17.2 Å². The Morgan fingerprint density at radius 3 is 2.54 bits per heavy atom. The Kier molecular flexibility index (Phi) is 5.06. The minimum Gasteiger partial charge on any atom is -0.434 e. The Hall–Kier alpha value is -3.22. The third-order valence-corrected chi connectivity index (χ3v) is 4.88. The number of aromatic nitrogens is 2. The van der Waals surface area contributed by atoms with Crippen molar-refractivity contribution in [3.63, 3.8) is 0 Å². The Labute approximate surface area is 160 Å². The predicted octanol–water partition coefficient (Wildman–Crippen LogP) is 3.92. The third kappa shape index (κ3) is 3.60. The summed E-state index contributed by atoms with van der Waals surface area (Å²) in [4.78, 5) is 14.6. The second-order valence-electron chi connectivity index (χ2n) is 6.56. The van der Waals surface area contributed by atoms with Gasteiger partial charge in [0.25, 0.3) is 5.91 Å². The van der Waals surface area contributed by atoms with Gasteiger partial charge in [-0.3, -0.25) is 9.89 Å². The minimum atomic E-state index is -2.97. The Morgan fingerprint density at radius 2 is 1.75 bits per heavy atom. The number of fused-ring (bicyclic) bond motifs is 1. The van der Waals surface area contributed by atoms with Crippen LogP contribution in [0.4, 0.5) is 8.78 Å². The molecule has 3 aromatic rings. The van der Waals surface area contributed by atoms with E-state index in [1.54, 1.807) is 17.0 Å². The van der Waals surface area contributed by atoms with Crippen molar-refractivity contribution < 1.29 is 18.3 Å². The molecule has 0 atom stereocenters. The van der Waals surface area contributed by atoms with Crippen LogP contribution in [0.5, 0.6) is 5.75 Å². The Bertz CT molecular complexity index is 973. The lowest BCUT2D eigenvalue weighted by Gasteiger charge is -2.21. The van der Waals surface area contributed by atoms with E-state index in [0.717, 1.165) is 22.5 Å². The van der Waals surface area contributed by atoms with Crippen LogP contribution in [0.1, 0.15) is 21.6 Å². The zero-order valence-electron chi connectivity index (χ0n) is 15.1. The maximum atomic E-state index is 13.0. The molecule has 2 aromatic carbocycles. The first kappa shape index (κ1) is 18.2. The summed E-state index contributed by atoms with van der Waals surface area (Å²) in [5.74, 6) is -0.410. The lowest BCUT2D eigenvalue weighted by molar-refractivity contribution is -0.0502. The fourth-order valence-corrected chi connectivity index (χ4v) is 3.53. The van der Waals surface area contributed by atoms with Crippen LogP contribution < -0.4 is 4.74 Å². The fourth-order valence-electron chi connectivity index (χ4n) is 3.53. The molecule has 1 amide bonds. The summed E-state index contributed by atoms with van der Waals surface area (Å²) in [6.07, 6.45) is 1.26. The van der Waals surface area contributed by atoms with Gasteiger partial charge < -0.3 is 9.64 Å². The van der Waals surface area contributed by atoms with Crippen LogP contribution in [-0.4, -0.2) is 40.7 Å². The molecule has 7 heteroatoms. The minimum absolute atomic E-state index is 0.100. The Balaban J connectivity index is 1.55. The number of rotatable bonds is 4. The average molecular weight is 383 g/mol. The highest BCUT2D eigenvalue weighted by molar-refractivity contribution is 5.97. The van der Waals surface area contributed by atoms with Crippen LogP contribution in [0.2, 0.25) is 0 Å². The van der Waals surface area contributed by atoms with Gasteiger partial charge in [-0.25, -0.2) is 0 Å². The molecule has 0 bridgehead atoms. The first-order valence-corrected chi connectivity index (χ1v) is 9.08. The van der Waals surface area contributed by atoms with Crippen molar-refractivity contribution in [3.05, 3.63) is 71.4 Å². The highest BCUT2D eigenvalue weighted by Gasteiger charge is 2.25. The topological polar surface area (TPSA) is 58.2 Å². The number of benzene rings is 2. The quantitative estimate of drug-likeness (QED) is 0.743. The van der Waals surface area contributed by atoms with E-state index in [0.29, 0.717) is 25.9 Å². The number of alkyl halides is 2. The molecule has 1 aromatic heterocycles. The SMILES string of the molecule is O=C(c1ccccc1OC(F)F)N1CCc2[nH]nc(-c3ccccc3)c2CC1. The molecule has 1 N–H and O–H groups in total. The molecule has 1 aliphatic rings. The summed E-state index contributed by atoms with van der Waals surface area (Å²) in [5, 5.41) is 7.54.